The molecule has 1 aromatic heterocycles. The average Bonchev–Trinajstić information content (AvgIpc) is 2.84. The van der Waals surface area contributed by atoms with Crippen LogP contribution in [0.25, 0.3) is 0 Å². The van der Waals surface area contributed by atoms with Crippen molar-refractivity contribution in [2.45, 2.75) is 18.6 Å². The second-order valence-corrected chi connectivity index (χ2v) is 4.90. The van der Waals surface area contributed by atoms with E-state index in [-0.39, 0.29) is 17.7 Å². The number of pyridine rings is 1. The highest BCUT2D eigenvalue weighted by molar-refractivity contribution is 6.00. The summed E-state index contributed by atoms with van der Waals surface area (Å²) >= 11 is 0. The molecule has 1 atom stereocenters. The van der Waals surface area contributed by atoms with Crippen LogP contribution in [0, 0.1) is 5.95 Å². The first-order valence-corrected chi connectivity index (χ1v) is 6.48. The number of hydrogen-bond acceptors (Lipinski definition) is 2. The Morgan fingerprint density at radius 2 is 1.91 bits per heavy atom. The van der Waals surface area contributed by atoms with Crippen LogP contribution in [0.2, 0.25) is 0 Å². The van der Waals surface area contributed by atoms with Crippen molar-refractivity contribution in [2.24, 2.45) is 0 Å². The highest BCUT2D eigenvalue weighted by atomic mass is 19.4. The lowest BCUT2D eigenvalue weighted by atomic mass is 10.0. The number of para-hydroxylation sites is 1. The zero-order valence-electron chi connectivity index (χ0n) is 11.1. The lowest BCUT2D eigenvalue weighted by molar-refractivity contribution is -0.170. The molecule has 0 spiro atoms. The molecule has 1 amide bonds. The molecule has 0 saturated carbocycles. The molecule has 1 aliphatic heterocycles. The molecule has 1 aliphatic rings. The Hall–Kier alpha value is -2.44. The van der Waals surface area contributed by atoms with Crippen molar-refractivity contribution in [3.05, 3.63) is 59.7 Å². The summed E-state index contributed by atoms with van der Waals surface area (Å²) in [6.45, 7) is 0. The van der Waals surface area contributed by atoms with Crippen LogP contribution in [-0.4, -0.2) is 17.1 Å². The summed E-state index contributed by atoms with van der Waals surface area (Å²) in [5, 5.41) is 0. The molecule has 114 valence electrons. The molecule has 2 aromatic rings. The first-order valence-electron chi connectivity index (χ1n) is 6.48. The van der Waals surface area contributed by atoms with Gasteiger partial charge in [0.25, 0.3) is 0 Å². The smallest absolute Gasteiger partial charge is 0.296 e. The van der Waals surface area contributed by atoms with E-state index in [1.807, 2.05) is 0 Å². The van der Waals surface area contributed by atoms with Gasteiger partial charge in [-0.3, -0.25) is 9.69 Å². The number of fused-ring (bicyclic) bond motifs is 1. The third kappa shape index (κ3) is 2.32. The second-order valence-electron chi connectivity index (χ2n) is 4.90. The molecule has 0 N–H and O–H groups in total. The van der Waals surface area contributed by atoms with Gasteiger partial charge in [0, 0.05) is 17.4 Å². The topological polar surface area (TPSA) is 33.2 Å². The SMILES string of the molecule is O=C(N1c2ccccc2CC1c1cccnc1F)C(F)(F)F. The van der Waals surface area contributed by atoms with Crippen molar-refractivity contribution in [3.8, 4) is 0 Å². The standard InChI is InChI=1S/C15H10F4N2O/c16-13-10(5-3-7-20-13)12-8-9-4-1-2-6-11(9)21(12)14(22)15(17,18)19/h1-7,12H,8H2. The Morgan fingerprint density at radius 1 is 1.18 bits per heavy atom. The van der Waals surface area contributed by atoms with Crippen LogP contribution in [0.3, 0.4) is 0 Å². The molecule has 0 saturated heterocycles. The number of aromatic nitrogens is 1. The van der Waals surface area contributed by atoms with Gasteiger partial charge >= 0.3 is 12.1 Å². The molecular weight excluding hydrogens is 300 g/mol. The van der Waals surface area contributed by atoms with Crippen LogP contribution in [-0.2, 0) is 11.2 Å². The number of rotatable bonds is 1. The van der Waals surface area contributed by atoms with Crippen LogP contribution in [0.1, 0.15) is 17.2 Å². The molecule has 7 heteroatoms. The minimum absolute atomic E-state index is 0.0312. The number of nitrogens with zero attached hydrogens (tertiary/aromatic N) is 2. The van der Waals surface area contributed by atoms with E-state index < -0.39 is 24.1 Å². The summed E-state index contributed by atoms with van der Waals surface area (Å²) < 4.78 is 52.5. The van der Waals surface area contributed by atoms with Gasteiger partial charge < -0.3 is 0 Å². The van der Waals surface area contributed by atoms with Crippen molar-refractivity contribution in [2.75, 3.05) is 4.90 Å². The van der Waals surface area contributed by atoms with Gasteiger partial charge in [-0.2, -0.15) is 17.6 Å². The zero-order valence-corrected chi connectivity index (χ0v) is 11.1. The van der Waals surface area contributed by atoms with Crippen LogP contribution in [0.4, 0.5) is 23.2 Å². The fraction of sp³-hybridized carbons (Fsp3) is 0.200. The summed E-state index contributed by atoms with van der Waals surface area (Å²) in [7, 11) is 0. The number of carbonyl (C=O) groups is 1. The molecule has 22 heavy (non-hydrogen) atoms. The van der Waals surface area contributed by atoms with E-state index in [0.717, 1.165) is 0 Å². The first kappa shape index (κ1) is 14.5. The summed E-state index contributed by atoms with van der Waals surface area (Å²) in [5.41, 5.74) is 0.683. The fourth-order valence-corrected chi connectivity index (χ4v) is 2.67. The van der Waals surface area contributed by atoms with Gasteiger partial charge in [0.15, 0.2) is 0 Å². The maximum atomic E-state index is 13.9. The highest BCUT2D eigenvalue weighted by Crippen LogP contribution is 2.42. The van der Waals surface area contributed by atoms with E-state index in [1.54, 1.807) is 12.1 Å². The minimum atomic E-state index is -5.03. The maximum Gasteiger partial charge on any atom is 0.471 e. The first-order chi connectivity index (χ1) is 10.4. The van der Waals surface area contributed by atoms with E-state index in [9.17, 15) is 22.4 Å². The molecule has 1 unspecified atom stereocenters. The van der Waals surface area contributed by atoms with Crippen molar-refractivity contribution in [3.63, 3.8) is 0 Å². The van der Waals surface area contributed by atoms with Gasteiger partial charge in [-0.15, -0.1) is 0 Å². The predicted octanol–water partition coefficient (Wildman–Crippen LogP) is 3.41. The quantitative estimate of drug-likeness (QED) is 0.597. The van der Waals surface area contributed by atoms with E-state index in [1.165, 1.54) is 30.5 Å². The van der Waals surface area contributed by atoms with Crippen molar-refractivity contribution in [1.82, 2.24) is 4.98 Å². The normalized spacial score (nSPS) is 17.5. The van der Waals surface area contributed by atoms with Crippen LogP contribution in [0.5, 0.6) is 0 Å². The lowest BCUT2D eigenvalue weighted by Crippen LogP contribution is -2.42. The van der Waals surface area contributed by atoms with Gasteiger partial charge in [0.05, 0.1) is 6.04 Å². The third-order valence-corrected chi connectivity index (χ3v) is 3.58. The zero-order chi connectivity index (χ0) is 15.9. The molecule has 0 bridgehead atoms. The lowest BCUT2D eigenvalue weighted by Gasteiger charge is -2.26. The summed E-state index contributed by atoms with van der Waals surface area (Å²) in [6.07, 6.45) is -3.72. The molecular formula is C15H10F4N2O. The Bertz CT molecular complexity index is 729. The van der Waals surface area contributed by atoms with Gasteiger partial charge in [-0.1, -0.05) is 24.3 Å². The average molecular weight is 310 g/mol. The molecule has 0 aliphatic carbocycles. The summed E-state index contributed by atoms with van der Waals surface area (Å²) in [4.78, 5) is 15.8. The Morgan fingerprint density at radius 3 is 2.59 bits per heavy atom. The van der Waals surface area contributed by atoms with E-state index in [2.05, 4.69) is 4.98 Å². The van der Waals surface area contributed by atoms with E-state index in [4.69, 9.17) is 0 Å². The number of alkyl halides is 3. The number of anilines is 1. The minimum Gasteiger partial charge on any atom is -0.296 e. The van der Waals surface area contributed by atoms with Gasteiger partial charge in [0.2, 0.25) is 5.95 Å². The number of carbonyl (C=O) groups excluding carboxylic acids is 1. The Balaban J connectivity index is 2.11. The van der Waals surface area contributed by atoms with Crippen molar-refractivity contribution >= 4 is 11.6 Å². The van der Waals surface area contributed by atoms with Gasteiger partial charge in [0.1, 0.15) is 0 Å². The number of hydrogen-bond donors (Lipinski definition) is 0. The summed E-state index contributed by atoms with van der Waals surface area (Å²) in [6, 6.07) is 7.97. The highest BCUT2D eigenvalue weighted by Gasteiger charge is 2.48. The van der Waals surface area contributed by atoms with Crippen molar-refractivity contribution in [1.29, 1.82) is 0 Å². The number of benzene rings is 1. The second kappa shape index (κ2) is 5.08. The molecule has 0 radical (unpaired) electrons. The largest absolute Gasteiger partial charge is 0.471 e. The molecule has 3 nitrogen and oxygen atoms in total. The van der Waals surface area contributed by atoms with Crippen LogP contribution in [0.15, 0.2) is 42.6 Å². The summed E-state index contributed by atoms with van der Waals surface area (Å²) in [5.74, 6) is -2.88. The van der Waals surface area contributed by atoms with Gasteiger partial charge in [-0.05, 0) is 24.1 Å². The molecule has 1 aromatic carbocycles. The fourth-order valence-electron chi connectivity index (χ4n) is 2.67. The Labute approximate surface area is 123 Å². The predicted molar refractivity (Wildman–Crippen MR) is 70.6 cm³/mol. The number of amides is 1. The Kier molecular flexibility index (Phi) is 3.35. The molecule has 0 fully saturated rings. The van der Waals surface area contributed by atoms with Crippen molar-refractivity contribution < 1.29 is 22.4 Å². The monoisotopic (exact) mass is 310 g/mol. The third-order valence-electron chi connectivity index (χ3n) is 3.58. The number of halogens is 4. The van der Waals surface area contributed by atoms with Crippen LogP contribution >= 0.6 is 0 Å². The molecule has 3 rings (SSSR count). The van der Waals surface area contributed by atoms with E-state index in [0.29, 0.717) is 10.5 Å². The van der Waals surface area contributed by atoms with Gasteiger partial charge in [-0.25, -0.2) is 4.98 Å². The molecule has 2 heterocycles. The maximum absolute atomic E-state index is 13.9. The van der Waals surface area contributed by atoms with E-state index >= 15 is 0 Å². The van der Waals surface area contributed by atoms with Crippen LogP contribution < -0.4 is 4.90 Å².